The fourth-order valence-electron chi connectivity index (χ4n) is 4.22. The molecule has 4 rings (SSSR count). The zero-order valence-corrected chi connectivity index (χ0v) is 19.9. The highest BCUT2D eigenvalue weighted by molar-refractivity contribution is 5.91. The van der Waals surface area contributed by atoms with Gasteiger partial charge in [-0.15, -0.1) is 0 Å². The van der Waals surface area contributed by atoms with Crippen LogP contribution < -0.4 is 14.8 Å². The van der Waals surface area contributed by atoms with Crippen LogP contribution in [0.15, 0.2) is 30.3 Å². The highest BCUT2D eigenvalue weighted by atomic mass is 19.4. The van der Waals surface area contributed by atoms with Gasteiger partial charge < -0.3 is 19.5 Å². The smallest absolute Gasteiger partial charge is 0.419 e. The average molecular weight is 494 g/mol. The second kappa shape index (κ2) is 9.49. The molecule has 0 spiro atoms. The van der Waals surface area contributed by atoms with E-state index in [4.69, 9.17) is 14.2 Å². The number of ether oxygens (including phenoxy) is 3. The number of aromatic nitrogens is 2. The Kier molecular flexibility index (Phi) is 6.77. The van der Waals surface area contributed by atoms with E-state index in [1.165, 1.54) is 19.2 Å². The molecule has 1 atom stereocenters. The van der Waals surface area contributed by atoms with Crippen molar-refractivity contribution in [2.75, 3.05) is 19.0 Å². The zero-order valence-electron chi connectivity index (χ0n) is 19.9. The number of nitrogens with zero attached hydrogens (tertiary/aromatic N) is 2. The normalized spacial score (nSPS) is 16.5. The molecule has 1 unspecified atom stereocenters. The largest absolute Gasteiger partial charge is 0.493 e. The number of fused-ring (bicyclic) bond motifs is 1. The van der Waals surface area contributed by atoms with Crippen molar-refractivity contribution in [2.24, 2.45) is 0 Å². The quantitative estimate of drug-likeness (QED) is 0.404. The Morgan fingerprint density at radius 1 is 1.14 bits per heavy atom. The van der Waals surface area contributed by atoms with E-state index in [2.05, 4.69) is 15.3 Å². The monoisotopic (exact) mass is 493 g/mol. The molecule has 1 fully saturated rings. The van der Waals surface area contributed by atoms with Crippen molar-refractivity contribution in [2.45, 2.75) is 58.0 Å². The first-order valence-corrected chi connectivity index (χ1v) is 11.2. The van der Waals surface area contributed by atoms with Gasteiger partial charge in [-0.3, -0.25) is 0 Å². The number of anilines is 1. The molecule has 10 heteroatoms. The van der Waals surface area contributed by atoms with E-state index < -0.39 is 23.2 Å². The first kappa shape index (κ1) is 25.0. The molecule has 6 nitrogen and oxygen atoms in total. The van der Waals surface area contributed by atoms with Crippen molar-refractivity contribution in [3.05, 3.63) is 53.1 Å². The number of alkyl halides is 3. The van der Waals surface area contributed by atoms with Gasteiger partial charge >= 0.3 is 6.18 Å². The predicted molar refractivity (Wildman–Crippen MR) is 123 cm³/mol. The summed E-state index contributed by atoms with van der Waals surface area (Å²) in [5.41, 5.74) is -1.53. The molecule has 1 aliphatic heterocycles. The molecule has 1 aromatic heterocycles. The van der Waals surface area contributed by atoms with Gasteiger partial charge in [-0.25, -0.2) is 14.4 Å². The number of benzene rings is 2. The lowest BCUT2D eigenvalue weighted by atomic mass is 9.99. The van der Waals surface area contributed by atoms with Gasteiger partial charge in [0, 0.05) is 30.2 Å². The van der Waals surface area contributed by atoms with Gasteiger partial charge in [-0.1, -0.05) is 12.1 Å². The van der Waals surface area contributed by atoms with Crippen molar-refractivity contribution in [3.63, 3.8) is 0 Å². The molecule has 3 aromatic rings. The van der Waals surface area contributed by atoms with Crippen molar-refractivity contribution >= 4 is 16.7 Å². The molecule has 1 N–H and O–H groups in total. The SMILES string of the molecule is COc1cc2nc(C)nc(NCc3cccc(C(F)(F)F)c3F)c2cc1OC(C)(C)C1CCCO1. The minimum absolute atomic E-state index is 0.0846. The highest BCUT2D eigenvalue weighted by Crippen LogP contribution is 2.39. The molecule has 2 aromatic carbocycles. The van der Waals surface area contributed by atoms with E-state index >= 15 is 0 Å². The topological polar surface area (TPSA) is 65.5 Å². The Balaban J connectivity index is 1.69. The van der Waals surface area contributed by atoms with Crippen LogP contribution in [-0.2, 0) is 17.5 Å². The van der Waals surface area contributed by atoms with Crippen LogP contribution in [0.4, 0.5) is 23.4 Å². The third-order valence-corrected chi connectivity index (χ3v) is 6.00. The summed E-state index contributed by atoms with van der Waals surface area (Å²) in [5, 5.41) is 3.52. The third kappa shape index (κ3) is 5.27. The minimum Gasteiger partial charge on any atom is -0.493 e. The van der Waals surface area contributed by atoms with Crippen LogP contribution in [0.5, 0.6) is 11.5 Å². The maximum Gasteiger partial charge on any atom is 0.419 e. The molecule has 1 aliphatic rings. The van der Waals surface area contributed by atoms with Crippen molar-refractivity contribution in [3.8, 4) is 11.5 Å². The Morgan fingerprint density at radius 2 is 1.91 bits per heavy atom. The summed E-state index contributed by atoms with van der Waals surface area (Å²) in [5.74, 6) is 0.371. The van der Waals surface area contributed by atoms with Crippen LogP contribution in [0.2, 0.25) is 0 Å². The Bertz CT molecular complexity index is 1220. The predicted octanol–water partition coefficient (Wildman–Crippen LogP) is 6.05. The molecule has 0 saturated carbocycles. The maximum absolute atomic E-state index is 14.5. The third-order valence-electron chi connectivity index (χ3n) is 6.00. The molecule has 0 amide bonds. The Hall–Kier alpha value is -3.14. The summed E-state index contributed by atoms with van der Waals surface area (Å²) in [7, 11) is 1.52. The number of rotatable bonds is 7. The van der Waals surface area contributed by atoms with Gasteiger partial charge in [0.15, 0.2) is 11.5 Å². The lowest BCUT2D eigenvalue weighted by molar-refractivity contribution is -0.140. The summed E-state index contributed by atoms with van der Waals surface area (Å²) < 4.78 is 71.5. The fourth-order valence-corrected chi connectivity index (χ4v) is 4.22. The molecule has 0 aliphatic carbocycles. The summed E-state index contributed by atoms with van der Waals surface area (Å²) in [6, 6.07) is 6.62. The molecule has 188 valence electrons. The highest BCUT2D eigenvalue weighted by Gasteiger charge is 2.36. The number of aryl methyl sites for hydroxylation is 1. The molecule has 1 saturated heterocycles. The molecule has 0 bridgehead atoms. The second-order valence-electron chi connectivity index (χ2n) is 8.98. The summed E-state index contributed by atoms with van der Waals surface area (Å²) in [6.45, 7) is 6.04. The first-order chi connectivity index (χ1) is 16.5. The molecule has 35 heavy (non-hydrogen) atoms. The summed E-state index contributed by atoms with van der Waals surface area (Å²) in [4.78, 5) is 8.84. The minimum atomic E-state index is -4.78. The van der Waals surface area contributed by atoms with E-state index in [9.17, 15) is 17.6 Å². The standard InChI is InChI=1S/C25H27F4N3O3/c1-14-31-18-12-19(33-4)20(35-24(2,3)21-9-6-10-34-21)11-16(18)23(32-14)30-13-15-7-5-8-17(22(15)26)25(27,28)29/h5,7-8,11-12,21H,6,9-10,13H2,1-4H3,(H,30,31,32). The molecule has 0 radical (unpaired) electrons. The first-order valence-electron chi connectivity index (χ1n) is 11.2. The molecular formula is C25H27F4N3O3. The van der Waals surface area contributed by atoms with E-state index in [0.29, 0.717) is 40.7 Å². The van der Waals surface area contributed by atoms with Crippen molar-refractivity contribution in [1.82, 2.24) is 9.97 Å². The second-order valence-corrected chi connectivity index (χ2v) is 8.98. The van der Waals surface area contributed by atoms with Gasteiger partial charge in [0.05, 0.1) is 24.3 Å². The number of halogens is 4. The lowest BCUT2D eigenvalue weighted by Crippen LogP contribution is -2.41. The van der Waals surface area contributed by atoms with Crippen LogP contribution in [0.1, 0.15) is 43.6 Å². The molecule has 2 heterocycles. The molecular weight excluding hydrogens is 466 g/mol. The van der Waals surface area contributed by atoms with Crippen LogP contribution in [-0.4, -0.2) is 35.4 Å². The van der Waals surface area contributed by atoms with Gasteiger partial charge in [0.25, 0.3) is 0 Å². The van der Waals surface area contributed by atoms with Gasteiger partial charge in [-0.05, 0) is 45.7 Å². The number of methoxy groups -OCH3 is 1. The Labute approximate surface area is 200 Å². The van der Waals surface area contributed by atoms with E-state index in [-0.39, 0.29) is 18.2 Å². The fraction of sp³-hybridized carbons (Fsp3) is 0.440. The number of hydrogen-bond donors (Lipinski definition) is 1. The maximum atomic E-state index is 14.5. The van der Waals surface area contributed by atoms with Crippen molar-refractivity contribution in [1.29, 1.82) is 0 Å². The lowest BCUT2D eigenvalue weighted by Gasteiger charge is -2.32. The van der Waals surface area contributed by atoms with E-state index in [0.717, 1.165) is 18.9 Å². The van der Waals surface area contributed by atoms with Crippen LogP contribution in [0.25, 0.3) is 10.9 Å². The van der Waals surface area contributed by atoms with Gasteiger partial charge in [0.1, 0.15) is 23.1 Å². The van der Waals surface area contributed by atoms with Crippen LogP contribution in [0.3, 0.4) is 0 Å². The van der Waals surface area contributed by atoms with Crippen LogP contribution >= 0.6 is 0 Å². The van der Waals surface area contributed by atoms with Gasteiger partial charge in [-0.2, -0.15) is 13.2 Å². The summed E-state index contributed by atoms with van der Waals surface area (Å²) in [6.07, 6.45) is -3.03. The zero-order chi connectivity index (χ0) is 25.4. The Morgan fingerprint density at radius 3 is 2.57 bits per heavy atom. The van der Waals surface area contributed by atoms with Crippen LogP contribution in [0, 0.1) is 12.7 Å². The number of nitrogens with one attached hydrogen (secondary N) is 1. The number of hydrogen-bond acceptors (Lipinski definition) is 6. The van der Waals surface area contributed by atoms with Crippen molar-refractivity contribution < 1.29 is 31.8 Å². The van der Waals surface area contributed by atoms with Gasteiger partial charge in [0.2, 0.25) is 0 Å². The summed E-state index contributed by atoms with van der Waals surface area (Å²) >= 11 is 0. The van der Waals surface area contributed by atoms with E-state index in [1.54, 1.807) is 19.1 Å². The van der Waals surface area contributed by atoms with E-state index in [1.807, 2.05) is 13.8 Å². The average Bonchev–Trinajstić information content (AvgIpc) is 3.33.